The summed E-state index contributed by atoms with van der Waals surface area (Å²) in [6.45, 7) is 15.5. The van der Waals surface area contributed by atoms with E-state index < -0.39 is 17.1 Å². The second-order valence-corrected chi connectivity index (χ2v) is 10.9. The average molecular weight is 423 g/mol. The van der Waals surface area contributed by atoms with Gasteiger partial charge >= 0.3 is 5.97 Å². The zero-order chi connectivity index (χ0) is 23.1. The molecule has 0 aliphatic heterocycles. The van der Waals surface area contributed by atoms with E-state index in [0.717, 1.165) is 12.8 Å². The number of rotatable bonds is 10. The summed E-state index contributed by atoms with van der Waals surface area (Å²) < 4.78 is 5.31. The molecule has 2 amide bonds. The number of hydrogen-bond donors (Lipinski definition) is 2. The summed E-state index contributed by atoms with van der Waals surface area (Å²) in [4.78, 5) is 37.6. The van der Waals surface area contributed by atoms with E-state index in [9.17, 15) is 14.4 Å². The van der Waals surface area contributed by atoms with Crippen molar-refractivity contribution < 1.29 is 19.1 Å². The highest BCUT2D eigenvalue weighted by molar-refractivity contribution is 5.90. The Morgan fingerprint density at radius 3 is 2.10 bits per heavy atom. The minimum absolute atomic E-state index is 0.115. The molecule has 0 aromatic heterocycles. The molecule has 0 bridgehead atoms. The maximum Gasteiger partial charge on any atom is 0.306 e. The van der Waals surface area contributed by atoms with Gasteiger partial charge in [-0.25, -0.2) is 0 Å². The van der Waals surface area contributed by atoms with Gasteiger partial charge in [-0.05, 0) is 57.8 Å². The lowest BCUT2D eigenvalue weighted by molar-refractivity contribution is -0.154. The molecule has 30 heavy (non-hydrogen) atoms. The van der Waals surface area contributed by atoms with Crippen LogP contribution in [0.5, 0.6) is 0 Å². The van der Waals surface area contributed by atoms with Gasteiger partial charge in [0.25, 0.3) is 0 Å². The van der Waals surface area contributed by atoms with Crippen LogP contribution in [0.4, 0.5) is 0 Å². The molecule has 6 nitrogen and oxygen atoms in total. The number of amides is 2. The van der Waals surface area contributed by atoms with Gasteiger partial charge in [-0.1, -0.05) is 46.8 Å². The first kappa shape index (κ1) is 26.2. The van der Waals surface area contributed by atoms with Crippen molar-refractivity contribution in [3.8, 4) is 0 Å². The van der Waals surface area contributed by atoms with Crippen LogP contribution in [0.15, 0.2) is 12.2 Å². The van der Waals surface area contributed by atoms with Crippen molar-refractivity contribution in [2.45, 2.75) is 105 Å². The SMILES string of the molecule is CC(C)CC(C=CCCC(=O)OC(C)(C)C)C(=O)NC(C(=O)NC1CC1)C(C)(C)C. The van der Waals surface area contributed by atoms with Gasteiger partial charge in [0.2, 0.25) is 11.8 Å². The van der Waals surface area contributed by atoms with Crippen molar-refractivity contribution in [3.05, 3.63) is 12.2 Å². The molecule has 0 aromatic carbocycles. The van der Waals surface area contributed by atoms with Gasteiger partial charge in [0.05, 0.1) is 5.92 Å². The van der Waals surface area contributed by atoms with Gasteiger partial charge < -0.3 is 15.4 Å². The predicted octanol–water partition coefficient (Wildman–Crippen LogP) is 4.14. The molecular weight excluding hydrogens is 380 g/mol. The van der Waals surface area contributed by atoms with Crippen LogP contribution in [-0.2, 0) is 19.1 Å². The molecular formula is C24H42N2O4. The van der Waals surface area contributed by atoms with E-state index in [1.807, 2.05) is 53.7 Å². The maximum atomic E-state index is 13.0. The molecule has 2 N–H and O–H groups in total. The van der Waals surface area contributed by atoms with Crippen molar-refractivity contribution in [1.82, 2.24) is 10.6 Å². The Hall–Kier alpha value is -1.85. The van der Waals surface area contributed by atoms with Crippen LogP contribution >= 0.6 is 0 Å². The van der Waals surface area contributed by atoms with Gasteiger partial charge in [0.15, 0.2) is 0 Å². The number of esters is 1. The first-order chi connectivity index (χ1) is 13.7. The minimum atomic E-state index is -0.588. The first-order valence-electron chi connectivity index (χ1n) is 11.2. The standard InChI is InChI=1S/C24H42N2O4/c1-16(2)15-17(11-9-10-12-19(27)30-24(6,7)8)21(28)26-20(23(3,4)5)22(29)25-18-13-14-18/h9,11,16-18,20H,10,12-15H2,1-8H3,(H,25,29)(H,26,28). The largest absolute Gasteiger partial charge is 0.460 e. The molecule has 1 aliphatic rings. The Labute approximate surface area is 182 Å². The molecule has 0 spiro atoms. The van der Waals surface area contributed by atoms with E-state index in [1.54, 1.807) is 0 Å². The van der Waals surface area contributed by atoms with E-state index in [-0.39, 0.29) is 36.2 Å². The summed E-state index contributed by atoms with van der Waals surface area (Å²) >= 11 is 0. The second-order valence-electron chi connectivity index (χ2n) is 10.9. The van der Waals surface area contributed by atoms with Crippen molar-refractivity contribution in [2.24, 2.45) is 17.3 Å². The highest BCUT2D eigenvalue weighted by Gasteiger charge is 2.36. The van der Waals surface area contributed by atoms with Crippen LogP contribution < -0.4 is 10.6 Å². The quantitative estimate of drug-likeness (QED) is 0.409. The molecule has 2 unspecified atom stereocenters. The molecule has 2 atom stereocenters. The molecule has 1 fully saturated rings. The summed E-state index contributed by atoms with van der Waals surface area (Å²) in [5.74, 6) is -0.535. The molecule has 1 rings (SSSR count). The first-order valence-corrected chi connectivity index (χ1v) is 11.2. The molecule has 1 saturated carbocycles. The molecule has 1 aliphatic carbocycles. The number of hydrogen-bond acceptors (Lipinski definition) is 4. The summed E-state index contributed by atoms with van der Waals surface area (Å²) in [6, 6.07) is -0.339. The lowest BCUT2D eigenvalue weighted by Gasteiger charge is -2.31. The zero-order valence-corrected chi connectivity index (χ0v) is 20.1. The van der Waals surface area contributed by atoms with Crippen LogP contribution in [0.1, 0.15) is 87.5 Å². The fourth-order valence-electron chi connectivity index (χ4n) is 3.07. The van der Waals surface area contributed by atoms with Crippen LogP contribution in [0.25, 0.3) is 0 Å². The van der Waals surface area contributed by atoms with Crippen LogP contribution in [0.2, 0.25) is 0 Å². The molecule has 0 aromatic rings. The summed E-state index contributed by atoms with van der Waals surface area (Å²) in [7, 11) is 0. The van der Waals surface area contributed by atoms with Crippen molar-refractivity contribution >= 4 is 17.8 Å². The Morgan fingerprint density at radius 1 is 1.03 bits per heavy atom. The van der Waals surface area contributed by atoms with Crippen molar-refractivity contribution in [2.75, 3.05) is 0 Å². The number of carbonyl (C=O) groups is 3. The topological polar surface area (TPSA) is 84.5 Å². The van der Waals surface area contributed by atoms with Gasteiger partial charge in [0.1, 0.15) is 11.6 Å². The van der Waals surface area contributed by atoms with E-state index in [0.29, 0.717) is 18.8 Å². The minimum Gasteiger partial charge on any atom is -0.460 e. The predicted molar refractivity (Wildman–Crippen MR) is 120 cm³/mol. The van der Waals surface area contributed by atoms with Gasteiger partial charge in [-0.3, -0.25) is 14.4 Å². The van der Waals surface area contributed by atoms with E-state index in [4.69, 9.17) is 4.74 Å². The molecule has 0 saturated heterocycles. The fourth-order valence-corrected chi connectivity index (χ4v) is 3.07. The summed E-state index contributed by atoms with van der Waals surface area (Å²) in [6.07, 6.45) is 7.21. The normalized spacial score (nSPS) is 17.0. The van der Waals surface area contributed by atoms with Crippen molar-refractivity contribution in [3.63, 3.8) is 0 Å². The van der Waals surface area contributed by atoms with E-state index in [1.165, 1.54) is 0 Å². The number of ether oxygens (including phenoxy) is 1. The smallest absolute Gasteiger partial charge is 0.306 e. The van der Waals surface area contributed by atoms with Gasteiger partial charge in [-0.15, -0.1) is 0 Å². The third-order valence-electron chi connectivity index (χ3n) is 4.70. The van der Waals surface area contributed by atoms with E-state index >= 15 is 0 Å². The Morgan fingerprint density at radius 2 is 1.63 bits per heavy atom. The van der Waals surface area contributed by atoms with Crippen LogP contribution in [-0.4, -0.2) is 35.5 Å². The number of allylic oxidation sites excluding steroid dienone is 1. The third kappa shape index (κ3) is 10.8. The van der Waals surface area contributed by atoms with Crippen molar-refractivity contribution in [1.29, 1.82) is 0 Å². The highest BCUT2D eigenvalue weighted by atomic mass is 16.6. The number of carbonyl (C=O) groups excluding carboxylic acids is 3. The fraction of sp³-hybridized carbons (Fsp3) is 0.792. The lowest BCUT2D eigenvalue weighted by atomic mass is 9.85. The Balaban J connectivity index is 2.73. The maximum absolute atomic E-state index is 13.0. The second kappa shape index (κ2) is 11.0. The average Bonchev–Trinajstić information content (AvgIpc) is 3.35. The Kier molecular flexibility index (Phi) is 9.57. The van der Waals surface area contributed by atoms with Gasteiger partial charge in [-0.2, -0.15) is 0 Å². The highest BCUT2D eigenvalue weighted by Crippen LogP contribution is 2.24. The zero-order valence-electron chi connectivity index (χ0n) is 20.1. The lowest BCUT2D eigenvalue weighted by Crippen LogP contribution is -2.55. The molecule has 6 heteroatoms. The molecule has 0 heterocycles. The van der Waals surface area contributed by atoms with Crippen LogP contribution in [0.3, 0.4) is 0 Å². The summed E-state index contributed by atoms with van der Waals surface area (Å²) in [5.41, 5.74) is -0.888. The third-order valence-corrected chi connectivity index (χ3v) is 4.70. The van der Waals surface area contributed by atoms with Crippen LogP contribution in [0, 0.1) is 17.3 Å². The molecule has 0 radical (unpaired) electrons. The van der Waals surface area contributed by atoms with E-state index in [2.05, 4.69) is 24.5 Å². The Bertz CT molecular complexity index is 622. The molecule has 172 valence electrons. The number of nitrogens with one attached hydrogen (secondary N) is 2. The monoisotopic (exact) mass is 422 g/mol. The summed E-state index contributed by atoms with van der Waals surface area (Å²) in [5, 5.41) is 5.99. The van der Waals surface area contributed by atoms with Gasteiger partial charge in [0, 0.05) is 12.5 Å².